The van der Waals surface area contributed by atoms with Crippen molar-refractivity contribution in [2.75, 3.05) is 43.2 Å². The zero-order valence-electron chi connectivity index (χ0n) is 25.1. The summed E-state index contributed by atoms with van der Waals surface area (Å²) in [7, 11) is 1.33. The molecular weight excluding hydrogens is 566 g/mol. The Bertz CT molecular complexity index is 1460. The van der Waals surface area contributed by atoms with Gasteiger partial charge in [-0.05, 0) is 56.0 Å². The van der Waals surface area contributed by atoms with E-state index in [0.29, 0.717) is 47.8 Å². The maximum atomic E-state index is 14.0. The Morgan fingerprint density at radius 2 is 1.95 bits per heavy atom. The number of amides is 3. The van der Waals surface area contributed by atoms with E-state index in [-0.39, 0.29) is 56.4 Å². The van der Waals surface area contributed by atoms with Crippen LogP contribution in [0, 0.1) is 5.92 Å². The van der Waals surface area contributed by atoms with Crippen LogP contribution in [0.15, 0.2) is 54.6 Å². The number of ether oxygens (including phenoxy) is 2. The first-order valence-electron chi connectivity index (χ1n) is 15.1. The van der Waals surface area contributed by atoms with Gasteiger partial charge in [0.1, 0.15) is 5.75 Å². The summed E-state index contributed by atoms with van der Waals surface area (Å²) in [5.74, 6) is -1.42. The number of likely N-dealkylation sites (tertiary alicyclic amines) is 1. The van der Waals surface area contributed by atoms with Crippen LogP contribution in [-0.2, 0) is 29.5 Å². The fourth-order valence-electron chi connectivity index (χ4n) is 6.31. The van der Waals surface area contributed by atoms with Gasteiger partial charge in [-0.2, -0.15) is 0 Å². The third-order valence-corrected chi connectivity index (χ3v) is 8.74. The van der Waals surface area contributed by atoms with Gasteiger partial charge in [0, 0.05) is 43.1 Å². The minimum Gasteiger partial charge on any atom is -0.482 e. The number of para-hydroxylation sites is 2. The van der Waals surface area contributed by atoms with Crippen molar-refractivity contribution in [3.63, 3.8) is 0 Å². The van der Waals surface area contributed by atoms with Gasteiger partial charge in [0.2, 0.25) is 5.91 Å². The van der Waals surface area contributed by atoms with E-state index < -0.39 is 17.4 Å². The molecule has 0 unspecified atom stereocenters. The average Bonchev–Trinajstić information content (AvgIpc) is 3.60. The molecule has 3 heterocycles. The van der Waals surface area contributed by atoms with Crippen LogP contribution >= 0.6 is 0 Å². The van der Waals surface area contributed by atoms with Crippen molar-refractivity contribution >= 4 is 40.8 Å². The summed E-state index contributed by atoms with van der Waals surface area (Å²) in [5, 5.41) is 21.8. The molecule has 3 aliphatic heterocycles. The molecule has 3 amide bonds. The first kappa shape index (κ1) is 31.2. The number of carbonyl (C=O) groups is 4. The maximum Gasteiger partial charge on any atom is 0.305 e. The van der Waals surface area contributed by atoms with E-state index in [1.54, 1.807) is 60.4 Å². The smallest absolute Gasteiger partial charge is 0.305 e. The van der Waals surface area contributed by atoms with E-state index >= 15 is 0 Å². The molecule has 44 heavy (non-hydrogen) atoms. The van der Waals surface area contributed by atoms with Gasteiger partial charge < -0.3 is 29.5 Å². The van der Waals surface area contributed by atoms with Crippen LogP contribution in [0.2, 0.25) is 0 Å². The van der Waals surface area contributed by atoms with Gasteiger partial charge in [-0.1, -0.05) is 31.2 Å². The number of hydrogen-bond donors (Lipinski definition) is 2. The number of nitrogens with zero attached hydrogens (tertiary/aromatic N) is 3. The lowest BCUT2D eigenvalue weighted by atomic mass is 9.82. The van der Waals surface area contributed by atoms with Gasteiger partial charge in [0.25, 0.3) is 11.8 Å². The number of rotatable bonds is 11. The van der Waals surface area contributed by atoms with Gasteiger partial charge in [-0.25, -0.2) is 0 Å². The second-order valence-corrected chi connectivity index (χ2v) is 11.4. The maximum absolute atomic E-state index is 14.0. The molecule has 3 aliphatic rings. The number of aliphatic hydroxyl groups is 2. The van der Waals surface area contributed by atoms with Crippen molar-refractivity contribution in [2.24, 2.45) is 5.92 Å². The number of carbonyl (C=O) groups excluding carboxylic acids is 4. The molecule has 0 bridgehead atoms. The lowest BCUT2D eigenvalue weighted by Crippen LogP contribution is -2.44. The van der Waals surface area contributed by atoms with E-state index in [0.717, 1.165) is 12.8 Å². The van der Waals surface area contributed by atoms with Crippen molar-refractivity contribution in [3.05, 3.63) is 60.2 Å². The summed E-state index contributed by atoms with van der Waals surface area (Å²) in [6, 6.07) is 12.1. The van der Waals surface area contributed by atoms with Gasteiger partial charge in [-0.15, -0.1) is 0 Å². The highest BCUT2D eigenvalue weighted by Gasteiger charge is 2.52. The number of aliphatic hydroxyl groups excluding tert-OH is 1. The molecule has 3 atom stereocenters. The predicted molar refractivity (Wildman–Crippen MR) is 162 cm³/mol. The summed E-state index contributed by atoms with van der Waals surface area (Å²) in [6.45, 7) is 2.37. The van der Waals surface area contributed by atoms with Crippen LogP contribution in [0.4, 0.5) is 17.1 Å². The molecule has 2 aromatic carbocycles. The predicted octanol–water partition coefficient (Wildman–Crippen LogP) is 3.19. The third kappa shape index (κ3) is 5.81. The summed E-state index contributed by atoms with van der Waals surface area (Å²) < 4.78 is 10.3. The highest BCUT2D eigenvalue weighted by Crippen LogP contribution is 2.48. The average molecular weight is 606 g/mol. The van der Waals surface area contributed by atoms with Crippen LogP contribution in [0.3, 0.4) is 0 Å². The summed E-state index contributed by atoms with van der Waals surface area (Å²) in [4.78, 5) is 56.2. The molecule has 5 rings (SSSR count). The van der Waals surface area contributed by atoms with E-state index in [4.69, 9.17) is 9.47 Å². The second kappa shape index (κ2) is 13.2. The van der Waals surface area contributed by atoms with Gasteiger partial charge in [0.15, 0.2) is 12.2 Å². The fourth-order valence-corrected chi connectivity index (χ4v) is 6.31. The van der Waals surface area contributed by atoms with Crippen molar-refractivity contribution in [3.8, 4) is 5.75 Å². The zero-order valence-corrected chi connectivity index (χ0v) is 25.1. The first-order valence-corrected chi connectivity index (χ1v) is 15.1. The number of anilines is 3. The van der Waals surface area contributed by atoms with Crippen molar-refractivity contribution in [1.82, 2.24) is 4.90 Å². The number of unbranched alkanes of at least 4 members (excludes halogenated alkanes) is 1. The summed E-state index contributed by atoms with van der Waals surface area (Å²) in [6.07, 6.45) is 6.25. The zero-order chi connectivity index (χ0) is 31.4. The molecule has 0 spiro atoms. The molecule has 11 nitrogen and oxygen atoms in total. The molecule has 1 saturated heterocycles. The second-order valence-electron chi connectivity index (χ2n) is 11.4. The quantitative estimate of drug-likeness (QED) is 0.226. The number of methoxy groups -OCH3 is 1. The topological polar surface area (TPSA) is 137 Å². The molecular formula is C33H39N3O8. The number of hydrogen-bond acceptors (Lipinski definition) is 8. The Labute approximate surface area is 256 Å². The van der Waals surface area contributed by atoms with Gasteiger partial charge in [0.05, 0.1) is 31.1 Å². The number of fused-ring (bicyclic) bond motifs is 2. The monoisotopic (exact) mass is 605 g/mol. The Balaban J connectivity index is 1.44. The summed E-state index contributed by atoms with van der Waals surface area (Å²) in [5.41, 5.74) is -0.0475. The molecule has 1 fully saturated rings. The lowest BCUT2D eigenvalue weighted by molar-refractivity contribution is -0.140. The molecule has 234 valence electrons. The van der Waals surface area contributed by atoms with Gasteiger partial charge in [-0.3, -0.25) is 24.1 Å². The largest absolute Gasteiger partial charge is 0.482 e. The van der Waals surface area contributed by atoms with E-state index in [9.17, 15) is 29.4 Å². The van der Waals surface area contributed by atoms with Crippen LogP contribution in [0.1, 0.15) is 51.0 Å². The fraction of sp³-hybridized carbons (Fsp3) is 0.455. The third-order valence-electron chi connectivity index (χ3n) is 8.74. The minimum atomic E-state index is -1.97. The van der Waals surface area contributed by atoms with Crippen LogP contribution in [-0.4, -0.2) is 78.3 Å². The van der Waals surface area contributed by atoms with Crippen molar-refractivity contribution in [2.45, 2.75) is 57.1 Å². The van der Waals surface area contributed by atoms with Crippen LogP contribution in [0.25, 0.3) is 0 Å². The molecule has 2 N–H and O–H groups in total. The van der Waals surface area contributed by atoms with Gasteiger partial charge >= 0.3 is 5.97 Å². The Morgan fingerprint density at radius 1 is 1.16 bits per heavy atom. The van der Waals surface area contributed by atoms with E-state index in [2.05, 4.69) is 0 Å². The molecule has 11 heteroatoms. The van der Waals surface area contributed by atoms with Crippen molar-refractivity contribution < 1.29 is 38.9 Å². The molecule has 0 aliphatic carbocycles. The number of esters is 1. The minimum absolute atomic E-state index is 0.0777. The molecule has 2 aromatic rings. The normalized spacial score (nSPS) is 21.8. The highest BCUT2D eigenvalue weighted by atomic mass is 16.5. The van der Waals surface area contributed by atoms with Crippen LogP contribution in [0.5, 0.6) is 5.75 Å². The molecule has 0 saturated carbocycles. The van der Waals surface area contributed by atoms with Crippen molar-refractivity contribution in [1.29, 1.82) is 0 Å². The Morgan fingerprint density at radius 3 is 2.73 bits per heavy atom. The Hall–Kier alpha value is -4.22. The van der Waals surface area contributed by atoms with E-state index in [1.165, 1.54) is 16.9 Å². The Kier molecular flexibility index (Phi) is 9.36. The lowest BCUT2D eigenvalue weighted by Gasteiger charge is -2.31. The van der Waals surface area contributed by atoms with E-state index in [1.807, 2.05) is 6.07 Å². The highest BCUT2D eigenvalue weighted by molar-refractivity contribution is 6.09. The SMILES string of the molecule is COC(=O)CCCCN1C(=O)[C@](O)([C@H](C)/C=C/CC(=O)N2CCC[C@H]2CO)c2cc(N3C(=O)COc4ccccc43)ccc21. The molecule has 0 radical (unpaired) electrons. The standard InChI is InChI=1S/C33H39N3O8/c1-22(9-7-13-29(38)34-18-8-10-24(34)20-37)33(42)25-19-23(36-27-11-3-4-12-28(27)44-21-30(36)39)15-16-26(25)35(32(33)41)17-6-5-14-31(40)43-2/h3-4,7,9,11-12,15-16,19,22,24,37,42H,5-6,8,10,13-14,17-18,20-21H2,1-2H3/b9-7+/t22-,24+,33+/m1/s1. The molecule has 0 aromatic heterocycles. The number of benzene rings is 2. The first-order chi connectivity index (χ1) is 21.2. The summed E-state index contributed by atoms with van der Waals surface area (Å²) >= 11 is 0. The van der Waals surface area contributed by atoms with Crippen LogP contribution < -0.4 is 14.5 Å².